The summed E-state index contributed by atoms with van der Waals surface area (Å²) < 4.78 is 0. The van der Waals surface area contributed by atoms with Crippen LogP contribution in [0.5, 0.6) is 0 Å². The second-order valence-electron chi connectivity index (χ2n) is 4.40. The number of hydrogen-bond acceptors (Lipinski definition) is 2. The monoisotopic (exact) mass is 205 g/mol. The molecule has 0 aromatic heterocycles. The van der Waals surface area contributed by atoms with Crippen LogP contribution in [0.15, 0.2) is 24.3 Å². The van der Waals surface area contributed by atoms with Crippen molar-refractivity contribution in [3.63, 3.8) is 0 Å². The van der Waals surface area contributed by atoms with Gasteiger partial charge in [0.2, 0.25) is 0 Å². The van der Waals surface area contributed by atoms with Gasteiger partial charge < -0.3 is 10.8 Å². The van der Waals surface area contributed by atoms with E-state index < -0.39 is 6.10 Å². The van der Waals surface area contributed by atoms with Gasteiger partial charge in [0.15, 0.2) is 0 Å². The predicted molar refractivity (Wildman–Crippen MR) is 61.7 cm³/mol. The summed E-state index contributed by atoms with van der Waals surface area (Å²) in [4.78, 5) is 0. The Hall–Kier alpha value is -0.860. The SMILES string of the molecule is NCC(O)c1cccc(C2CCCC2)c1. The van der Waals surface area contributed by atoms with Crippen LogP contribution >= 0.6 is 0 Å². The number of nitrogens with two attached hydrogens (primary N) is 1. The Balaban J connectivity index is 2.18. The summed E-state index contributed by atoms with van der Waals surface area (Å²) in [5, 5.41) is 9.67. The first-order chi connectivity index (χ1) is 7.31. The van der Waals surface area contributed by atoms with Gasteiger partial charge in [-0.05, 0) is 29.9 Å². The summed E-state index contributed by atoms with van der Waals surface area (Å²) in [6.07, 6.45) is 4.76. The lowest BCUT2D eigenvalue weighted by Gasteiger charge is -2.13. The van der Waals surface area contributed by atoms with E-state index in [1.165, 1.54) is 31.2 Å². The van der Waals surface area contributed by atoms with Gasteiger partial charge in [0, 0.05) is 6.54 Å². The summed E-state index contributed by atoms with van der Waals surface area (Å²) in [6, 6.07) is 8.27. The van der Waals surface area contributed by atoms with Crippen molar-refractivity contribution < 1.29 is 5.11 Å². The summed E-state index contributed by atoms with van der Waals surface area (Å²) in [7, 11) is 0. The van der Waals surface area contributed by atoms with Crippen LogP contribution < -0.4 is 5.73 Å². The Morgan fingerprint density at radius 3 is 2.73 bits per heavy atom. The second-order valence-corrected chi connectivity index (χ2v) is 4.40. The number of benzene rings is 1. The molecule has 0 saturated heterocycles. The molecule has 1 unspecified atom stereocenters. The highest BCUT2D eigenvalue weighted by Gasteiger charge is 2.17. The average molecular weight is 205 g/mol. The number of aliphatic hydroxyl groups excluding tert-OH is 1. The van der Waals surface area contributed by atoms with Crippen molar-refractivity contribution in [3.8, 4) is 0 Å². The molecule has 0 amide bonds. The zero-order valence-corrected chi connectivity index (χ0v) is 9.02. The van der Waals surface area contributed by atoms with Crippen molar-refractivity contribution in [1.82, 2.24) is 0 Å². The maximum absolute atomic E-state index is 9.67. The van der Waals surface area contributed by atoms with Crippen molar-refractivity contribution in [1.29, 1.82) is 0 Å². The minimum atomic E-state index is -0.508. The van der Waals surface area contributed by atoms with E-state index in [2.05, 4.69) is 12.1 Å². The molecule has 2 rings (SSSR count). The summed E-state index contributed by atoms with van der Waals surface area (Å²) in [6.45, 7) is 0.300. The van der Waals surface area contributed by atoms with Gasteiger partial charge in [-0.3, -0.25) is 0 Å². The van der Waals surface area contributed by atoms with Crippen molar-refractivity contribution >= 4 is 0 Å². The predicted octanol–water partition coefficient (Wildman–Crippen LogP) is 2.34. The Morgan fingerprint density at radius 1 is 1.33 bits per heavy atom. The van der Waals surface area contributed by atoms with Gasteiger partial charge in [-0.15, -0.1) is 0 Å². The lowest BCUT2D eigenvalue weighted by Crippen LogP contribution is -2.11. The molecule has 0 spiro atoms. The molecule has 1 atom stereocenters. The zero-order chi connectivity index (χ0) is 10.7. The maximum atomic E-state index is 9.67. The van der Waals surface area contributed by atoms with Crippen LogP contribution in [0.25, 0.3) is 0 Å². The molecule has 1 fully saturated rings. The van der Waals surface area contributed by atoms with Crippen LogP contribution in [0, 0.1) is 0 Å². The maximum Gasteiger partial charge on any atom is 0.0912 e. The summed E-state index contributed by atoms with van der Waals surface area (Å²) >= 11 is 0. The highest BCUT2D eigenvalue weighted by molar-refractivity contribution is 5.28. The topological polar surface area (TPSA) is 46.2 Å². The number of aliphatic hydroxyl groups is 1. The molecule has 2 heteroatoms. The lowest BCUT2D eigenvalue weighted by molar-refractivity contribution is 0.186. The third kappa shape index (κ3) is 2.39. The third-order valence-corrected chi connectivity index (χ3v) is 3.35. The van der Waals surface area contributed by atoms with E-state index >= 15 is 0 Å². The molecule has 0 radical (unpaired) electrons. The molecule has 82 valence electrons. The number of rotatable bonds is 3. The van der Waals surface area contributed by atoms with Crippen LogP contribution in [0.4, 0.5) is 0 Å². The largest absolute Gasteiger partial charge is 0.387 e. The van der Waals surface area contributed by atoms with Crippen LogP contribution in [0.1, 0.15) is 48.8 Å². The Kier molecular flexibility index (Phi) is 3.39. The fourth-order valence-electron chi connectivity index (χ4n) is 2.42. The van der Waals surface area contributed by atoms with Gasteiger partial charge in [-0.25, -0.2) is 0 Å². The van der Waals surface area contributed by atoms with Gasteiger partial charge in [-0.2, -0.15) is 0 Å². The van der Waals surface area contributed by atoms with Crippen molar-refractivity contribution in [3.05, 3.63) is 35.4 Å². The molecule has 3 N–H and O–H groups in total. The molecular formula is C13H19NO. The minimum absolute atomic E-state index is 0.300. The first kappa shape index (κ1) is 10.7. The van der Waals surface area contributed by atoms with E-state index in [-0.39, 0.29) is 0 Å². The van der Waals surface area contributed by atoms with Gasteiger partial charge >= 0.3 is 0 Å². The van der Waals surface area contributed by atoms with Gasteiger partial charge in [0.1, 0.15) is 0 Å². The molecular weight excluding hydrogens is 186 g/mol. The average Bonchev–Trinajstić information content (AvgIpc) is 2.82. The molecule has 1 aliphatic rings. The van der Waals surface area contributed by atoms with Crippen LogP contribution in [-0.4, -0.2) is 11.7 Å². The van der Waals surface area contributed by atoms with Crippen LogP contribution in [0.3, 0.4) is 0 Å². The highest BCUT2D eigenvalue weighted by atomic mass is 16.3. The van der Waals surface area contributed by atoms with E-state index in [0.29, 0.717) is 12.5 Å². The third-order valence-electron chi connectivity index (χ3n) is 3.35. The molecule has 2 nitrogen and oxygen atoms in total. The summed E-state index contributed by atoms with van der Waals surface area (Å²) in [5.74, 6) is 0.704. The van der Waals surface area contributed by atoms with Crippen LogP contribution in [-0.2, 0) is 0 Å². The first-order valence-electron chi connectivity index (χ1n) is 5.79. The first-order valence-corrected chi connectivity index (χ1v) is 5.79. The van der Waals surface area contributed by atoms with Gasteiger partial charge in [0.25, 0.3) is 0 Å². The molecule has 0 aliphatic heterocycles. The quantitative estimate of drug-likeness (QED) is 0.795. The summed E-state index contributed by atoms with van der Waals surface area (Å²) in [5.41, 5.74) is 7.79. The van der Waals surface area contributed by atoms with E-state index in [4.69, 9.17) is 5.73 Å². The smallest absolute Gasteiger partial charge is 0.0912 e. The zero-order valence-electron chi connectivity index (χ0n) is 9.02. The molecule has 1 aliphatic carbocycles. The fourth-order valence-corrected chi connectivity index (χ4v) is 2.42. The van der Waals surface area contributed by atoms with E-state index in [0.717, 1.165) is 5.56 Å². The lowest BCUT2D eigenvalue weighted by atomic mass is 9.95. The van der Waals surface area contributed by atoms with Crippen molar-refractivity contribution in [2.45, 2.75) is 37.7 Å². The van der Waals surface area contributed by atoms with Gasteiger partial charge in [-0.1, -0.05) is 37.1 Å². The normalized spacial score (nSPS) is 19.3. The van der Waals surface area contributed by atoms with Crippen molar-refractivity contribution in [2.75, 3.05) is 6.54 Å². The second kappa shape index (κ2) is 4.77. The highest BCUT2D eigenvalue weighted by Crippen LogP contribution is 2.34. The molecule has 1 saturated carbocycles. The van der Waals surface area contributed by atoms with E-state index in [1.54, 1.807) is 0 Å². The molecule has 0 bridgehead atoms. The fraction of sp³-hybridized carbons (Fsp3) is 0.538. The number of hydrogen-bond donors (Lipinski definition) is 2. The van der Waals surface area contributed by atoms with E-state index in [1.807, 2.05) is 12.1 Å². The van der Waals surface area contributed by atoms with E-state index in [9.17, 15) is 5.11 Å². The Labute approximate surface area is 91.1 Å². The Morgan fingerprint density at radius 2 is 2.07 bits per heavy atom. The minimum Gasteiger partial charge on any atom is -0.387 e. The molecule has 1 aromatic carbocycles. The molecule has 0 heterocycles. The van der Waals surface area contributed by atoms with Crippen molar-refractivity contribution in [2.24, 2.45) is 5.73 Å². The molecule has 15 heavy (non-hydrogen) atoms. The van der Waals surface area contributed by atoms with Crippen LogP contribution in [0.2, 0.25) is 0 Å². The Bertz CT molecular complexity index is 318. The van der Waals surface area contributed by atoms with Gasteiger partial charge in [0.05, 0.1) is 6.10 Å². The molecule has 1 aromatic rings. The standard InChI is InChI=1S/C13H19NO/c14-9-13(15)12-7-3-6-11(8-12)10-4-1-2-5-10/h3,6-8,10,13,15H,1-2,4-5,9,14H2.